The number of amidine groups is 1. The number of halogens is 2. The van der Waals surface area contributed by atoms with E-state index in [0.717, 1.165) is 53.3 Å². The maximum atomic E-state index is 13.1. The highest BCUT2D eigenvalue weighted by atomic mass is 79.9. The molecule has 9 heteroatoms. The zero-order valence-electron chi connectivity index (χ0n) is 20.2. The van der Waals surface area contributed by atoms with Crippen molar-refractivity contribution < 1.29 is 14.3 Å². The zero-order valence-corrected chi connectivity index (χ0v) is 23.4. The van der Waals surface area contributed by atoms with Crippen molar-refractivity contribution in [3.63, 3.8) is 0 Å². The number of nitrogens with zero attached hydrogens (tertiary/aromatic N) is 3. The molecule has 5 rings (SSSR count). The van der Waals surface area contributed by atoms with Gasteiger partial charge in [-0.05, 0) is 66.4 Å². The average Bonchev–Trinajstić information content (AvgIpc) is 3.17. The molecule has 0 unspecified atom stereocenters. The molecule has 0 aromatic heterocycles. The normalized spacial score (nSPS) is 18.2. The molecule has 0 atom stereocenters. The molecular weight excluding hydrogens is 574 g/mol. The van der Waals surface area contributed by atoms with Gasteiger partial charge in [0.2, 0.25) is 0 Å². The van der Waals surface area contributed by atoms with Crippen molar-refractivity contribution in [1.29, 1.82) is 0 Å². The molecule has 3 aromatic carbocycles. The lowest BCUT2D eigenvalue weighted by Gasteiger charge is -2.28. The van der Waals surface area contributed by atoms with Gasteiger partial charge in [0.05, 0.1) is 23.8 Å². The number of likely N-dealkylation sites (N-methyl/N-ethyl adjacent to an activating group) is 1. The topological polar surface area (TPSA) is 54.4 Å². The Labute approximate surface area is 234 Å². The average molecular weight is 599 g/mol. The van der Waals surface area contributed by atoms with Crippen LogP contribution in [0.3, 0.4) is 0 Å². The van der Waals surface area contributed by atoms with Crippen molar-refractivity contribution in [3.8, 4) is 5.75 Å². The number of benzene rings is 3. The number of rotatable bonds is 6. The first-order valence-corrected chi connectivity index (χ1v) is 13.8. The summed E-state index contributed by atoms with van der Waals surface area (Å²) in [4.78, 5) is 22.2. The minimum Gasteiger partial charge on any atom is -0.488 e. The lowest BCUT2D eigenvalue weighted by Crippen LogP contribution is -2.36. The molecule has 2 aliphatic rings. The summed E-state index contributed by atoms with van der Waals surface area (Å²) in [5.41, 5.74) is 3.63. The maximum Gasteiger partial charge on any atom is 0.266 e. The standard InChI is InChI=1S/C28H25BrClN3O3S/c1-32-27(34)26(37-28(32)31-22-7-9-23(10-8-22)33-12-14-35-15-13-33)17-20-16-21(29)6-11-25(20)36-18-19-4-2-3-5-24(19)30/h2-11,16-17H,12-15,18H2,1H3/b26-17-,31-28?. The number of thioether (sulfide) groups is 1. The van der Waals surface area contributed by atoms with Gasteiger partial charge in [-0.1, -0.05) is 45.7 Å². The molecule has 2 fully saturated rings. The van der Waals surface area contributed by atoms with Crippen LogP contribution in [0, 0.1) is 0 Å². The van der Waals surface area contributed by atoms with E-state index < -0.39 is 0 Å². The SMILES string of the molecule is CN1C(=O)/C(=C/c2cc(Br)ccc2OCc2ccccc2Cl)SC1=Nc1ccc(N2CCOCC2)cc1. The Morgan fingerprint density at radius 3 is 2.62 bits per heavy atom. The largest absolute Gasteiger partial charge is 0.488 e. The third-order valence-electron chi connectivity index (χ3n) is 6.05. The first-order valence-electron chi connectivity index (χ1n) is 11.8. The molecule has 1 amide bonds. The fraction of sp³-hybridized carbons (Fsp3) is 0.214. The van der Waals surface area contributed by atoms with Crippen LogP contribution < -0.4 is 9.64 Å². The highest BCUT2D eigenvalue weighted by Crippen LogP contribution is 2.36. The third-order valence-corrected chi connectivity index (χ3v) is 7.98. The number of hydrogen-bond donors (Lipinski definition) is 0. The Balaban J connectivity index is 1.34. The fourth-order valence-electron chi connectivity index (χ4n) is 4.00. The molecule has 0 spiro atoms. The van der Waals surface area contributed by atoms with Crippen LogP contribution in [0.4, 0.5) is 11.4 Å². The molecule has 0 aliphatic carbocycles. The number of aliphatic imine (C=N–C) groups is 1. The van der Waals surface area contributed by atoms with Gasteiger partial charge in [0.1, 0.15) is 12.4 Å². The molecule has 190 valence electrons. The van der Waals surface area contributed by atoms with Crippen molar-refractivity contribution in [3.05, 3.63) is 92.3 Å². The Bertz CT molecular complexity index is 1360. The number of hydrogen-bond acceptors (Lipinski definition) is 6. The van der Waals surface area contributed by atoms with Crippen molar-refractivity contribution in [2.24, 2.45) is 4.99 Å². The monoisotopic (exact) mass is 597 g/mol. The number of amides is 1. The van der Waals surface area contributed by atoms with Crippen molar-refractivity contribution in [1.82, 2.24) is 4.90 Å². The molecule has 2 saturated heterocycles. The molecule has 2 heterocycles. The summed E-state index contributed by atoms with van der Waals surface area (Å²) in [6.07, 6.45) is 1.85. The molecule has 2 aliphatic heterocycles. The van der Waals surface area contributed by atoms with Crippen LogP contribution in [-0.4, -0.2) is 49.3 Å². The smallest absolute Gasteiger partial charge is 0.266 e. The number of carbonyl (C=O) groups is 1. The minimum absolute atomic E-state index is 0.106. The van der Waals surface area contributed by atoms with Crippen LogP contribution in [0.5, 0.6) is 5.75 Å². The number of anilines is 1. The van der Waals surface area contributed by atoms with Gasteiger partial charge in [-0.2, -0.15) is 0 Å². The summed E-state index contributed by atoms with van der Waals surface area (Å²) in [6.45, 7) is 3.58. The van der Waals surface area contributed by atoms with E-state index in [1.54, 1.807) is 11.9 Å². The van der Waals surface area contributed by atoms with Gasteiger partial charge in [0.15, 0.2) is 5.17 Å². The van der Waals surface area contributed by atoms with E-state index in [1.807, 2.05) is 60.7 Å². The van der Waals surface area contributed by atoms with Gasteiger partial charge >= 0.3 is 0 Å². The zero-order chi connectivity index (χ0) is 25.8. The predicted octanol–water partition coefficient (Wildman–Crippen LogP) is 6.75. The lowest BCUT2D eigenvalue weighted by atomic mass is 10.1. The summed E-state index contributed by atoms with van der Waals surface area (Å²) < 4.78 is 12.4. The van der Waals surface area contributed by atoms with Crippen LogP contribution in [0.15, 0.2) is 81.1 Å². The molecule has 0 bridgehead atoms. The lowest BCUT2D eigenvalue weighted by molar-refractivity contribution is -0.121. The second kappa shape index (κ2) is 11.7. The highest BCUT2D eigenvalue weighted by molar-refractivity contribution is 9.10. The number of carbonyl (C=O) groups excluding carboxylic acids is 1. The predicted molar refractivity (Wildman–Crippen MR) is 155 cm³/mol. The van der Waals surface area contributed by atoms with Crippen LogP contribution in [-0.2, 0) is 16.1 Å². The van der Waals surface area contributed by atoms with Gasteiger partial charge in [-0.3, -0.25) is 9.69 Å². The summed E-state index contributed by atoms with van der Waals surface area (Å²) in [7, 11) is 1.74. The molecule has 6 nitrogen and oxygen atoms in total. The third kappa shape index (κ3) is 6.21. The minimum atomic E-state index is -0.106. The van der Waals surface area contributed by atoms with Crippen molar-refractivity contribution in [2.45, 2.75) is 6.61 Å². The first-order chi connectivity index (χ1) is 18.0. The molecule has 0 N–H and O–H groups in total. The number of ether oxygens (including phenoxy) is 2. The Kier molecular flexibility index (Phi) is 8.20. The summed E-state index contributed by atoms with van der Waals surface area (Å²) in [5, 5.41) is 1.28. The Morgan fingerprint density at radius 2 is 1.86 bits per heavy atom. The van der Waals surface area contributed by atoms with E-state index in [2.05, 4.69) is 33.0 Å². The van der Waals surface area contributed by atoms with Gasteiger partial charge in [0.25, 0.3) is 5.91 Å². The van der Waals surface area contributed by atoms with Crippen LogP contribution in [0.25, 0.3) is 6.08 Å². The quantitative estimate of drug-likeness (QED) is 0.294. The fourth-order valence-corrected chi connectivity index (χ4v) is 5.54. The van der Waals surface area contributed by atoms with E-state index in [4.69, 9.17) is 26.1 Å². The van der Waals surface area contributed by atoms with Crippen LogP contribution in [0.2, 0.25) is 5.02 Å². The second-order valence-electron chi connectivity index (χ2n) is 8.55. The number of morpholine rings is 1. The highest BCUT2D eigenvalue weighted by Gasteiger charge is 2.30. The van der Waals surface area contributed by atoms with Crippen LogP contribution in [0.1, 0.15) is 11.1 Å². The van der Waals surface area contributed by atoms with Crippen molar-refractivity contribution in [2.75, 3.05) is 38.3 Å². The molecule has 3 aromatic rings. The Morgan fingerprint density at radius 1 is 1.11 bits per heavy atom. The maximum absolute atomic E-state index is 13.1. The van der Waals surface area contributed by atoms with Crippen molar-refractivity contribution >= 4 is 67.8 Å². The van der Waals surface area contributed by atoms with E-state index in [-0.39, 0.29) is 5.91 Å². The molecule has 0 saturated carbocycles. The van der Waals surface area contributed by atoms with Crippen LogP contribution >= 0.6 is 39.3 Å². The summed E-state index contributed by atoms with van der Waals surface area (Å²) in [5.74, 6) is 0.557. The van der Waals surface area contributed by atoms with Gasteiger partial charge in [0, 0.05) is 46.4 Å². The van der Waals surface area contributed by atoms with Gasteiger partial charge < -0.3 is 14.4 Å². The van der Waals surface area contributed by atoms with Gasteiger partial charge in [-0.15, -0.1) is 0 Å². The van der Waals surface area contributed by atoms with E-state index >= 15 is 0 Å². The second-order valence-corrected chi connectivity index (χ2v) is 10.9. The molecule has 0 radical (unpaired) electrons. The Hall–Kier alpha value is -2.78. The van der Waals surface area contributed by atoms with E-state index in [1.165, 1.54) is 11.8 Å². The van der Waals surface area contributed by atoms with Gasteiger partial charge in [-0.25, -0.2) is 4.99 Å². The first kappa shape index (κ1) is 25.9. The molecular formula is C28H25BrClN3O3S. The van der Waals surface area contributed by atoms with E-state index in [9.17, 15) is 4.79 Å². The summed E-state index contributed by atoms with van der Waals surface area (Å²) in [6, 6.07) is 21.4. The molecule has 37 heavy (non-hydrogen) atoms. The summed E-state index contributed by atoms with van der Waals surface area (Å²) >= 11 is 11.2. The van der Waals surface area contributed by atoms with E-state index in [0.29, 0.717) is 27.5 Å².